The van der Waals surface area contributed by atoms with Gasteiger partial charge in [-0.1, -0.05) is 6.08 Å². The smallest absolute Gasteiger partial charge is 0.230 e. The third kappa shape index (κ3) is 2.81. The van der Waals surface area contributed by atoms with Gasteiger partial charge < -0.3 is 4.90 Å². The first-order valence-corrected chi connectivity index (χ1v) is 7.72. The molecular formula is C14H17N3OS. The Labute approximate surface area is 117 Å². The van der Waals surface area contributed by atoms with Crippen LogP contribution in [0.1, 0.15) is 24.8 Å². The quantitative estimate of drug-likeness (QED) is 0.830. The molecule has 1 saturated heterocycles. The maximum Gasteiger partial charge on any atom is 0.230 e. The van der Waals surface area contributed by atoms with E-state index in [1.807, 2.05) is 4.90 Å². The number of piperidine rings is 1. The molecule has 100 valence electrons. The molecule has 3 rings (SSSR count). The van der Waals surface area contributed by atoms with E-state index in [0.717, 1.165) is 42.2 Å². The highest BCUT2D eigenvalue weighted by molar-refractivity contribution is 8.08. The number of carbonyl (C=O) groups is 1. The number of nitrogens with zero attached hydrogens (tertiary/aromatic N) is 3. The lowest BCUT2D eigenvalue weighted by molar-refractivity contribution is -0.134. The van der Waals surface area contributed by atoms with Crippen molar-refractivity contribution in [3.63, 3.8) is 0 Å². The Morgan fingerprint density at radius 3 is 2.68 bits per heavy atom. The fourth-order valence-electron chi connectivity index (χ4n) is 2.56. The molecule has 5 heteroatoms. The first-order valence-electron chi connectivity index (χ1n) is 6.73. The summed E-state index contributed by atoms with van der Waals surface area (Å²) in [4.78, 5) is 23.6. The average Bonchev–Trinajstić information content (AvgIpc) is 2.98. The lowest BCUT2D eigenvalue weighted by Gasteiger charge is -2.28. The van der Waals surface area contributed by atoms with Crippen molar-refractivity contribution in [2.45, 2.75) is 19.3 Å². The fourth-order valence-corrected chi connectivity index (χ4v) is 3.69. The van der Waals surface area contributed by atoms with Crippen LogP contribution in [0.15, 0.2) is 24.8 Å². The Kier molecular flexibility index (Phi) is 3.82. The second-order valence-electron chi connectivity index (χ2n) is 4.96. The normalized spacial score (nSPS) is 23.3. The highest BCUT2D eigenvalue weighted by Crippen LogP contribution is 2.37. The molecule has 0 saturated carbocycles. The highest BCUT2D eigenvalue weighted by atomic mass is 32.2. The average molecular weight is 275 g/mol. The lowest BCUT2D eigenvalue weighted by Crippen LogP contribution is -2.39. The summed E-state index contributed by atoms with van der Waals surface area (Å²) in [6.07, 6.45) is 10.8. The van der Waals surface area contributed by atoms with Crippen LogP contribution in [0.25, 0.3) is 4.91 Å². The van der Waals surface area contributed by atoms with Crippen LogP contribution in [0.2, 0.25) is 0 Å². The summed E-state index contributed by atoms with van der Waals surface area (Å²) in [5.74, 6) is 1.16. The van der Waals surface area contributed by atoms with Crippen LogP contribution < -0.4 is 0 Å². The molecule has 19 heavy (non-hydrogen) atoms. The SMILES string of the molecule is O=C(C1C=C(c2cncnc2)SC1)N1CCCCC1. The van der Waals surface area contributed by atoms with Crippen LogP contribution in [0.4, 0.5) is 0 Å². The number of likely N-dealkylation sites (tertiary alicyclic amines) is 1. The highest BCUT2D eigenvalue weighted by Gasteiger charge is 2.28. The van der Waals surface area contributed by atoms with E-state index in [9.17, 15) is 4.79 Å². The molecule has 1 fully saturated rings. The van der Waals surface area contributed by atoms with Crippen LogP contribution in [0.3, 0.4) is 0 Å². The first-order chi connectivity index (χ1) is 9.34. The van der Waals surface area contributed by atoms with Crippen molar-refractivity contribution in [1.82, 2.24) is 14.9 Å². The summed E-state index contributed by atoms with van der Waals surface area (Å²) in [5, 5.41) is 0. The van der Waals surface area contributed by atoms with E-state index < -0.39 is 0 Å². The van der Waals surface area contributed by atoms with Crippen LogP contribution in [-0.4, -0.2) is 39.6 Å². The van der Waals surface area contributed by atoms with Crippen molar-refractivity contribution in [1.29, 1.82) is 0 Å². The molecule has 1 aromatic rings. The Balaban J connectivity index is 1.70. The molecule has 1 unspecified atom stereocenters. The third-order valence-electron chi connectivity index (χ3n) is 3.60. The molecule has 0 spiro atoms. The zero-order chi connectivity index (χ0) is 13.1. The zero-order valence-electron chi connectivity index (χ0n) is 10.8. The van der Waals surface area contributed by atoms with E-state index in [1.54, 1.807) is 24.2 Å². The molecule has 1 aromatic heterocycles. The minimum Gasteiger partial charge on any atom is -0.342 e. The van der Waals surface area contributed by atoms with Crippen molar-refractivity contribution in [3.05, 3.63) is 30.4 Å². The summed E-state index contributed by atoms with van der Waals surface area (Å²) in [7, 11) is 0. The van der Waals surface area contributed by atoms with Crippen LogP contribution in [0.5, 0.6) is 0 Å². The van der Waals surface area contributed by atoms with E-state index in [2.05, 4.69) is 16.0 Å². The minimum absolute atomic E-state index is 0.0262. The maximum atomic E-state index is 12.4. The van der Waals surface area contributed by atoms with E-state index >= 15 is 0 Å². The summed E-state index contributed by atoms with van der Waals surface area (Å²) >= 11 is 1.73. The number of hydrogen-bond acceptors (Lipinski definition) is 4. The van der Waals surface area contributed by atoms with E-state index in [4.69, 9.17) is 0 Å². The molecule has 2 aliphatic rings. The Hall–Kier alpha value is -1.36. The van der Waals surface area contributed by atoms with Crippen molar-refractivity contribution in [2.24, 2.45) is 5.92 Å². The van der Waals surface area contributed by atoms with Gasteiger partial charge >= 0.3 is 0 Å². The molecule has 0 aliphatic carbocycles. The van der Waals surface area contributed by atoms with Crippen LogP contribution in [-0.2, 0) is 4.79 Å². The zero-order valence-corrected chi connectivity index (χ0v) is 11.6. The topological polar surface area (TPSA) is 46.1 Å². The molecule has 3 heterocycles. The van der Waals surface area contributed by atoms with Crippen LogP contribution >= 0.6 is 11.8 Å². The van der Waals surface area contributed by atoms with Gasteiger partial charge in [-0.2, -0.15) is 0 Å². The second-order valence-corrected chi connectivity index (χ2v) is 6.02. The molecule has 2 aliphatic heterocycles. The largest absolute Gasteiger partial charge is 0.342 e. The molecular weight excluding hydrogens is 258 g/mol. The predicted molar refractivity (Wildman–Crippen MR) is 76.4 cm³/mol. The van der Waals surface area contributed by atoms with Crippen molar-refractivity contribution in [2.75, 3.05) is 18.8 Å². The molecule has 1 amide bonds. The van der Waals surface area contributed by atoms with Gasteiger partial charge in [0.05, 0.1) is 5.92 Å². The van der Waals surface area contributed by atoms with E-state index in [-0.39, 0.29) is 5.92 Å². The lowest BCUT2D eigenvalue weighted by atomic mass is 10.1. The molecule has 0 N–H and O–H groups in total. The van der Waals surface area contributed by atoms with E-state index in [1.165, 1.54) is 12.7 Å². The van der Waals surface area contributed by atoms with Gasteiger partial charge in [-0.25, -0.2) is 9.97 Å². The summed E-state index contributed by atoms with van der Waals surface area (Å²) < 4.78 is 0. The van der Waals surface area contributed by atoms with Gasteiger partial charge in [0.1, 0.15) is 6.33 Å². The number of amides is 1. The van der Waals surface area contributed by atoms with E-state index in [0.29, 0.717) is 5.91 Å². The molecule has 0 aromatic carbocycles. The van der Waals surface area contributed by atoms with Crippen LogP contribution in [0, 0.1) is 5.92 Å². The van der Waals surface area contributed by atoms with Crippen molar-refractivity contribution in [3.8, 4) is 0 Å². The number of thioether (sulfide) groups is 1. The summed E-state index contributed by atoms with van der Waals surface area (Å²) in [6.45, 7) is 1.86. The van der Waals surface area contributed by atoms with Gasteiger partial charge in [0.15, 0.2) is 0 Å². The number of hydrogen-bond donors (Lipinski definition) is 0. The molecule has 0 bridgehead atoms. The Morgan fingerprint density at radius 2 is 1.95 bits per heavy atom. The van der Waals surface area contributed by atoms with Gasteiger partial charge in [0, 0.05) is 41.7 Å². The van der Waals surface area contributed by atoms with Gasteiger partial charge in [-0.15, -0.1) is 11.8 Å². The number of aromatic nitrogens is 2. The van der Waals surface area contributed by atoms with Crippen molar-refractivity contribution >= 4 is 22.6 Å². The minimum atomic E-state index is 0.0262. The van der Waals surface area contributed by atoms with Gasteiger partial charge in [0.2, 0.25) is 5.91 Å². The summed E-state index contributed by atoms with van der Waals surface area (Å²) in [5.41, 5.74) is 1.02. The standard InChI is InChI=1S/C14H17N3OS/c18-14(17-4-2-1-3-5-17)11-6-13(19-9-11)12-7-15-10-16-8-12/h6-8,10-11H,1-5,9H2. The second kappa shape index (κ2) is 5.74. The van der Waals surface area contributed by atoms with Gasteiger partial charge in [0.25, 0.3) is 0 Å². The number of rotatable bonds is 2. The Morgan fingerprint density at radius 1 is 1.21 bits per heavy atom. The molecule has 1 atom stereocenters. The number of carbonyl (C=O) groups excluding carboxylic acids is 1. The Bertz CT molecular complexity index is 483. The summed E-state index contributed by atoms with van der Waals surface area (Å²) in [6, 6.07) is 0. The predicted octanol–water partition coefficient (Wildman–Crippen LogP) is 2.19. The van der Waals surface area contributed by atoms with Crippen molar-refractivity contribution < 1.29 is 4.79 Å². The molecule has 4 nitrogen and oxygen atoms in total. The monoisotopic (exact) mass is 275 g/mol. The maximum absolute atomic E-state index is 12.4. The van der Waals surface area contributed by atoms with Gasteiger partial charge in [-0.05, 0) is 19.3 Å². The van der Waals surface area contributed by atoms with Gasteiger partial charge in [-0.3, -0.25) is 4.79 Å². The third-order valence-corrected chi connectivity index (χ3v) is 4.81. The fraction of sp³-hybridized carbons (Fsp3) is 0.500. The first kappa shape index (κ1) is 12.7. The molecule has 0 radical (unpaired) electrons.